The summed E-state index contributed by atoms with van der Waals surface area (Å²) in [6, 6.07) is 10.0. The fourth-order valence-electron chi connectivity index (χ4n) is 2.28. The van der Waals surface area contributed by atoms with Gasteiger partial charge in [0.15, 0.2) is 11.5 Å². The number of carbonyl (C=O) groups excluding carboxylic acids is 2. The first kappa shape index (κ1) is 17.5. The van der Waals surface area contributed by atoms with Gasteiger partial charge < -0.3 is 14.8 Å². The van der Waals surface area contributed by atoms with Gasteiger partial charge in [0, 0.05) is 16.7 Å². The van der Waals surface area contributed by atoms with Gasteiger partial charge in [-0.2, -0.15) is 0 Å². The number of aliphatic carboxylic acids is 1. The van der Waals surface area contributed by atoms with E-state index in [0.717, 1.165) is 5.56 Å². The van der Waals surface area contributed by atoms with E-state index in [1.54, 1.807) is 44.2 Å². The number of hydrogen-bond acceptors (Lipinski definition) is 4. The Kier molecular flexibility index (Phi) is 4.87. The molecule has 1 heterocycles. The lowest BCUT2D eigenvalue weighted by Crippen LogP contribution is -2.44. The van der Waals surface area contributed by atoms with Gasteiger partial charge >= 0.3 is 5.97 Å². The highest BCUT2D eigenvalue weighted by Crippen LogP contribution is 2.23. The summed E-state index contributed by atoms with van der Waals surface area (Å²) in [7, 11) is 0. The van der Waals surface area contributed by atoms with Crippen LogP contribution < -0.4 is 5.32 Å². The molecule has 0 unspecified atom stereocenters. The lowest BCUT2D eigenvalue weighted by molar-refractivity contribution is -0.138. The van der Waals surface area contributed by atoms with Gasteiger partial charge in [-0.3, -0.25) is 14.4 Å². The molecule has 0 aliphatic rings. The number of carbonyl (C=O) groups is 3. The Morgan fingerprint density at radius 2 is 1.71 bits per heavy atom. The van der Waals surface area contributed by atoms with Crippen LogP contribution in [0.2, 0.25) is 0 Å². The van der Waals surface area contributed by atoms with E-state index in [2.05, 4.69) is 5.32 Å². The largest absolute Gasteiger partial charge is 0.481 e. The molecule has 0 radical (unpaired) electrons. The van der Waals surface area contributed by atoms with Gasteiger partial charge in [-0.25, -0.2) is 0 Å². The number of furan rings is 1. The summed E-state index contributed by atoms with van der Waals surface area (Å²) in [6.45, 7) is 4.75. The van der Waals surface area contributed by atoms with E-state index in [0.29, 0.717) is 11.3 Å². The van der Waals surface area contributed by atoms with Crippen LogP contribution in [0.25, 0.3) is 11.3 Å². The van der Waals surface area contributed by atoms with Crippen LogP contribution in [-0.4, -0.2) is 28.3 Å². The van der Waals surface area contributed by atoms with Gasteiger partial charge in [-0.15, -0.1) is 0 Å². The predicted octanol–water partition coefficient (Wildman–Crippen LogP) is 3.13. The van der Waals surface area contributed by atoms with Crippen molar-refractivity contribution in [3.8, 4) is 11.3 Å². The molecule has 0 bridgehead atoms. The van der Waals surface area contributed by atoms with E-state index in [1.807, 2.05) is 0 Å². The van der Waals surface area contributed by atoms with Crippen LogP contribution in [0.3, 0.4) is 0 Å². The Labute approximate surface area is 139 Å². The molecule has 126 valence electrons. The van der Waals surface area contributed by atoms with Crippen LogP contribution in [0, 0.1) is 0 Å². The maximum Gasteiger partial charge on any atom is 0.305 e. The van der Waals surface area contributed by atoms with Crippen molar-refractivity contribution in [2.24, 2.45) is 0 Å². The summed E-state index contributed by atoms with van der Waals surface area (Å²) in [5.41, 5.74) is 0.446. The van der Waals surface area contributed by atoms with Crippen molar-refractivity contribution in [2.45, 2.75) is 32.7 Å². The van der Waals surface area contributed by atoms with E-state index in [1.165, 1.54) is 13.0 Å². The SMILES string of the molecule is CC(=O)c1ccc(-c2ccc(C(=O)NC(C)(C)CC(=O)O)o2)cc1. The third-order valence-electron chi connectivity index (χ3n) is 3.45. The first-order chi connectivity index (χ1) is 11.2. The molecule has 0 aliphatic carbocycles. The van der Waals surface area contributed by atoms with Gasteiger partial charge in [0.1, 0.15) is 5.76 Å². The summed E-state index contributed by atoms with van der Waals surface area (Å²) in [6.07, 6.45) is -0.196. The highest BCUT2D eigenvalue weighted by molar-refractivity contribution is 5.95. The molecule has 2 N–H and O–H groups in total. The Morgan fingerprint density at radius 3 is 2.25 bits per heavy atom. The Hall–Kier alpha value is -2.89. The average molecular weight is 329 g/mol. The van der Waals surface area contributed by atoms with E-state index in [4.69, 9.17) is 9.52 Å². The number of hydrogen-bond donors (Lipinski definition) is 2. The molecule has 0 saturated carbocycles. The number of Topliss-reactive ketones (excluding diaryl/α,β-unsaturated/α-hetero) is 1. The molecule has 1 aromatic heterocycles. The first-order valence-corrected chi connectivity index (χ1v) is 7.43. The standard InChI is InChI=1S/C18H19NO5/c1-11(20)12-4-6-13(7-5-12)14-8-9-15(24-14)17(23)19-18(2,3)10-16(21)22/h4-9H,10H2,1-3H3,(H,19,23)(H,21,22). The van der Waals surface area contributed by atoms with Crippen molar-refractivity contribution in [2.75, 3.05) is 0 Å². The molecule has 1 amide bonds. The smallest absolute Gasteiger partial charge is 0.305 e. The summed E-state index contributed by atoms with van der Waals surface area (Å²) >= 11 is 0. The second kappa shape index (κ2) is 6.70. The fourth-order valence-corrected chi connectivity index (χ4v) is 2.28. The van der Waals surface area contributed by atoms with Crippen molar-refractivity contribution in [3.63, 3.8) is 0 Å². The van der Waals surface area contributed by atoms with Gasteiger partial charge in [0.25, 0.3) is 5.91 Å². The molecule has 1 aromatic carbocycles. The van der Waals surface area contributed by atoms with E-state index >= 15 is 0 Å². The Morgan fingerprint density at radius 1 is 1.08 bits per heavy atom. The Bertz CT molecular complexity index is 771. The highest BCUT2D eigenvalue weighted by Gasteiger charge is 2.25. The maximum absolute atomic E-state index is 12.2. The minimum absolute atomic E-state index is 0.0262. The summed E-state index contributed by atoms with van der Waals surface area (Å²) < 4.78 is 5.54. The van der Waals surface area contributed by atoms with E-state index in [-0.39, 0.29) is 18.0 Å². The van der Waals surface area contributed by atoms with Crippen molar-refractivity contribution in [1.29, 1.82) is 0 Å². The number of carboxylic acids is 1. The first-order valence-electron chi connectivity index (χ1n) is 7.43. The number of ketones is 1. The zero-order valence-electron chi connectivity index (χ0n) is 13.8. The van der Waals surface area contributed by atoms with Crippen LogP contribution >= 0.6 is 0 Å². The molecule has 0 fully saturated rings. The normalized spacial score (nSPS) is 11.1. The molecular formula is C18H19NO5. The third-order valence-corrected chi connectivity index (χ3v) is 3.45. The van der Waals surface area contributed by atoms with Gasteiger partial charge in [-0.1, -0.05) is 24.3 Å². The number of rotatable bonds is 6. The second-order valence-electron chi connectivity index (χ2n) is 6.21. The van der Waals surface area contributed by atoms with Crippen LogP contribution in [-0.2, 0) is 4.79 Å². The van der Waals surface area contributed by atoms with Crippen LogP contribution in [0.5, 0.6) is 0 Å². The molecule has 0 saturated heterocycles. The maximum atomic E-state index is 12.2. The average Bonchev–Trinajstić information content (AvgIpc) is 2.95. The van der Waals surface area contributed by atoms with E-state index in [9.17, 15) is 14.4 Å². The summed E-state index contributed by atoms with van der Waals surface area (Å²) in [4.78, 5) is 34.3. The molecular weight excluding hydrogens is 310 g/mol. The minimum Gasteiger partial charge on any atom is -0.481 e. The second-order valence-corrected chi connectivity index (χ2v) is 6.21. The molecule has 2 aromatic rings. The zero-order chi connectivity index (χ0) is 17.9. The molecule has 6 nitrogen and oxygen atoms in total. The molecule has 24 heavy (non-hydrogen) atoms. The van der Waals surface area contributed by atoms with Gasteiger partial charge in [0.05, 0.1) is 6.42 Å². The van der Waals surface area contributed by atoms with Gasteiger partial charge in [-0.05, 0) is 32.9 Å². The molecule has 0 atom stereocenters. The summed E-state index contributed by atoms with van der Waals surface area (Å²) in [5, 5.41) is 11.5. The van der Waals surface area contributed by atoms with Crippen molar-refractivity contribution in [1.82, 2.24) is 5.32 Å². The Balaban J connectivity index is 2.13. The minimum atomic E-state index is -0.994. The highest BCUT2D eigenvalue weighted by atomic mass is 16.4. The third kappa shape index (κ3) is 4.32. The molecule has 2 rings (SSSR count). The zero-order valence-corrected chi connectivity index (χ0v) is 13.8. The molecule has 0 spiro atoms. The summed E-state index contributed by atoms with van der Waals surface area (Å²) in [5.74, 6) is -0.911. The van der Waals surface area contributed by atoms with Gasteiger partial charge in [0.2, 0.25) is 0 Å². The number of carboxylic acid groups (broad SMARTS) is 1. The van der Waals surface area contributed by atoms with Crippen molar-refractivity contribution in [3.05, 3.63) is 47.7 Å². The topological polar surface area (TPSA) is 96.6 Å². The van der Waals surface area contributed by atoms with Crippen LogP contribution in [0.4, 0.5) is 0 Å². The predicted molar refractivity (Wildman–Crippen MR) is 87.9 cm³/mol. The van der Waals surface area contributed by atoms with Crippen molar-refractivity contribution >= 4 is 17.7 Å². The fraction of sp³-hybridized carbons (Fsp3) is 0.278. The number of benzene rings is 1. The lowest BCUT2D eigenvalue weighted by Gasteiger charge is -2.23. The lowest BCUT2D eigenvalue weighted by atomic mass is 10.0. The van der Waals surface area contributed by atoms with E-state index < -0.39 is 17.4 Å². The number of amides is 1. The van der Waals surface area contributed by atoms with Crippen LogP contribution in [0.1, 0.15) is 48.1 Å². The quantitative estimate of drug-likeness (QED) is 0.794. The van der Waals surface area contributed by atoms with Crippen LogP contribution in [0.15, 0.2) is 40.8 Å². The molecule has 6 heteroatoms. The number of nitrogens with one attached hydrogen (secondary N) is 1. The van der Waals surface area contributed by atoms with Crippen molar-refractivity contribution < 1.29 is 23.9 Å². The molecule has 0 aliphatic heterocycles. The monoisotopic (exact) mass is 329 g/mol.